The average Bonchev–Trinajstić information content (AvgIpc) is 3.08. The van der Waals surface area contributed by atoms with Gasteiger partial charge in [0.05, 0.1) is 22.5 Å². The number of furan rings is 1. The number of aryl methyl sites for hydroxylation is 1. The number of anilines is 1. The van der Waals surface area contributed by atoms with Crippen LogP contribution in [0.4, 0.5) is 5.13 Å². The summed E-state index contributed by atoms with van der Waals surface area (Å²) < 4.78 is 5.39. The lowest BCUT2D eigenvalue weighted by Crippen LogP contribution is -1.94. The van der Waals surface area contributed by atoms with E-state index in [1.165, 1.54) is 0 Å². The first-order valence-electron chi connectivity index (χ1n) is 5.99. The second-order valence-corrected chi connectivity index (χ2v) is 5.84. The van der Waals surface area contributed by atoms with Crippen molar-refractivity contribution in [2.45, 2.75) is 13.8 Å². The molecule has 0 bridgehead atoms. The maximum Gasteiger partial charge on any atom is 0.183 e. The fraction of sp³-hybridized carbons (Fsp3) is 0.231. The molecule has 0 fully saturated rings. The fourth-order valence-corrected chi connectivity index (χ4v) is 3.59. The maximum absolute atomic E-state index is 5.39. The molecule has 0 spiro atoms. The summed E-state index contributed by atoms with van der Waals surface area (Å²) in [4.78, 5) is 10.2. The molecule has 0 atom stereocenters. The molecule has 3 aromatic rings. The molecule has 3 rings (SSSR count). The second-order valence-electron chi connectivity index (χ2n) is 3.98. The molecule has 0 aromatic carbocycles. The van der Waals surface area contributed by atoms with Gasteiger partial charge in [0.1, 0.15) is 0 Å². The van der Waals surface area contributed by atoms with Gasteiger partial charge in [-0.3, -0.25) is 0 Å². The summed E-state index contributed by atoms with van der Waals surface area (Å²) in [6.45, 7) is 4.95. The number of hydrogen-bond donors (Lipinski definition) is 1. The molecule has 98 valence electrons. The first-order valence-corrected chi connectivity index (χ1v) is 7.68. The number of hydrogen-bond acceptors (Lipinski definition) is 6. The molecule has 0 saturated heterocycles. The third-order valence-corrected chi connectivity index (χ3v) is 4.59. The van der Waals surface area contributed by atoms with E-state index >= 15 is 0 Å². The van der Waals surface area contributed by atoms with Crippen molar-refractivity contribution in [3.8, 4) is 21.3 Å². The molecule has 0 unspecified atom stereocenters. The van der Waals surface area contributed by atoms with Crippen molar-refractivity contribution in [2.75, 3.05) is 11.9 Å². The lowest BCUT2D eigenvalue weighted by atomic mass is 10.3. The average molecular weight is 291 g/mol. The van der Waals surface area contributed by atoms with E-state index in [-0.39, 0.29) is 0 Å². The smallest absolute Gasteiger partial charge is 0.183 e. The minimum Gasteiger partial charge on any atom is -0.462 e. The molecule has 0 saturated carbocycles. The molecule has 1 N–H and O–H groups in total. The highest BCUT2D eigenvalue weighted by Gasteiger charge is 2.15. The summed E-state index contributed by atoms with van der Waals surface area (Å²) in [6.07, 6.45) is 1.66. The lowest BCUT2D eigenvalue weighted by molar-refractivity contribution is 0.581. The highest BCUT2D eigenvalue weighted by atomic mass is 32.1. The third kappa shape index (κ3) is 2.41. The number of aromatic nitrogens is 2. The van der Waals surface area contributed by atoms with Crippen LogP contribution in [0.3, 0.4) is 0 Å². The Kier molecular flexibility index (Phi) is 3.35. The van der Waals surface area contributed by atoms with Crippen molar-refractivity contribution in [1.29, 1.82) is 0 Å². The standard InChI is InChI=1S/C13H13N3OS2/c1-3-14-13-16-9(7-18-13)11-8(2)15-12(19-11)10-5-4-6-17-10/h4-7H,3H2,1-2H3,(H,14,16). The Morgan fingerprint density at radius 2 is 2.26 bits per heavy atom. The molecule has 0 aliphatic carbocycles. The molecule has 19 heavy (non-hydrogen) atoms. The van der Waals surface area contributed by atoms with Crippen LogP contribution in [0.2, 0.25) is 0 Å². The minimum absolute atomic E-state index is 0.807. The van der Waals surface area contributed by atoms with E-state index < -0.39 is 0 Å². The Balaban J connectivity index is 1.96. The van der Waals surface area contributed by atoms with Crippen LogP contribution in [0, 0.1) is 6.92 Å². The van der Waals surface area contributed by atoms with Gasteiger partial charge in [0.15, 0.2) is 15.9 Å². The summed E-state index contributed by atoms with van der Waals surface area (Å²) in [7, 11) is 0. The SMILES string of the molecule is CCNc1nc(-c2sc(-c3ccco3)nc2C)cs1. The summed E-state index contributed by atoms with van der Waals surface area (Å²) in [5, 5.41) is 7.13. The van der Waals surface area contributed by atoms with Gasteiger partial charge in [0.2, 0.25) is 0 Å². The molecule has 3 heterocycles. The number of nitrogens with zero attached hydrogens (tertiary/aromatic N) is 2. The zero-order valence-corrected chi connectivity index (χ0v) is 12.3. The van der Waals surface area contributed by atoms with Crippen LogP contribution in [0.1, 0.15) is 12.6 Å². The van der Waals surface area contributed by atoms with E-state index in [0.29, 0.717) is 0 Å². The Bertz CT molecular complexity index is 670. The normalized spacial score (nSPS) is 10.8. The zero-order valence-electron chi connectivity index (χ0n) is 10.6. The van der Waals surface area contributed by atoms with E-state index in [4.69, 9.17) is 4.42 Å². The van der Waals surface area contributed by atoms with E-state index in [1.807, 2.05) is 19.1 Å². The number of nitrogens with one attached hydrogen (secondary N) is 1. The molecular formula is C13H13N3OS2. The first kappa shape index (κ1) is 12.4. The Morgan fingerprint density at radius 1 is 1.37 bits per heavy atom. The summed E-state index contributed by atoms with van der Waals surface area (Å²) in [5.41, 5.74) is 1.97. The third-order valence-electron chi connectivity index (χ3n) is 2.59. The minimum atomic E-state index is 0.807. The van der Waals surface area contributed by atoms with Crippen LogP contribution in [-0.2, 0) is 0 Å². The van der Waals surface area contributed by atoms with Gasteiger partial charge in [0, 0.05) is 11.9 Å². The van der Waals surface area contributed by atoms with Crippen LogP contribution in [0.5, 0.6) is 0 Å². The van der Waals surface area contributed by atoms with Crippen molar-refractivity contribution in [3.05, 3.63) is 29.5 Å². The van der Waals surface area contributed by atoms with Crippen molar-refractivity contribution < 1.29 is 4.42 Å². The lowest BCUT2D eigenvalue weighted by Gasteiger charge is -1.94. The highest BCUT2D eigenvalue weighted by Crippen LogP contribution is 2.36. The highest BCUT2D eigenvalue weighted by molar-refractivity contribution is 7.19. The quantitative estimate of drug-likeness (QED) is 0.780. The van der Waals surface area contributed by atoms with Crippen LogP contribution < -0.4 is 5.32 Å². The molecule has 0 radical (unpaired) electrons. The van der Waals surface area contributed by atoms with Gasteiger partial charge in [-0.25, -0.2) is 9.97 Å². The summed E-state index contributed by atoms with van der Waals surface area (Å²) >= 11 is 3.23. The van der Waals surface area contributed by atoms with Crippen LogP contribution in [-0.4, -0.2) is 16.5 Å². The topological polar surface area (TPSA) is 51.0 Å². The van der Waals surface area contributed by atoms with Gasteiger partial charge in [-0.15, -0.1) is 22.7 Å². The molecular weight excluding hydrogens is 278 g/mol. The molecule has 6 heteroatoms. The van der Waals surface area contributed by atoms with Crippen LogP contribution >= 0.6 is 22.7 Å². The molecule has 3 aromatic heterocycles. The van der Waals surface area contributed by atoms with Gasteiger partial charge in [-0.1, -0.05) is 0 Å². The molecule has 0 aliphatic heterocycles. The van der Waals surface area contributed by atoms with E-state index in [2.05, 4.69) is 27.6 Å². The molecule has 4 nitrogen and oxygen atoms in total. The van der Waals surface area contributed by atoms with Crippen LogP contribution in [0.25, 0.3) is 21.3 Å². The Labute approximate surface area is 119 Å². The summed E-state index contributed by atoms with van der Waals surface area (Å²) in [6, 6.07) is 3.80. The predicted molar refractivity (Wildman–Crippen MR) is 79.8 cm³/mol. The van der Waals surface area contributed by atoms with Gasteiger partial charge in [-0.2, -0.15) is 0 Å². The zero-order chi connectivity index (χ0) is 13.2. The summed E-state index contributed by atoms with van der Waals surface area (Å²) in [5.74, 6) is 0.807. The largest absolute Gasteiger partial charge is 0.462 e. The van der Waals surface area contributed by atoms with E-state index in [0.717, 1.165) is 38.7 Å². The van der Waals surface area contributed by atoms with Gasteiger partial charge in [0.25, 0.3) is 0 Å². The van der Waals surface area contributed by atoms with Crippen molar-refractivity contribution >= 4 is 27.8 Å². The van der Waals surface area contributed by atoms with E-state index in [1.54, 1.807) is 28.9 Å². The van der Waals surface area contributed by atoms with Crippen LogP contribution in [0.15, 0.2) is 28.2 Å². The second kappa shape index (κ2) is 5.14. The monoisotopic (exact) mass is 291 g/mol. The van der Waals surface area contributed by atoms with Gasteiger partial charge in [-0.05, 0) is 26.0 Å². The van der Waals surface area contributed by atoms with Crippen molar-refractivity contribution in [1.82, 2.24) is 9.97 Å². The fourth-order valence-electron chi connectivity index (χ4n) is 1.75. The van der Waals surface area contributed by atoms with Crippen molar-refractivity contribution in [3.63, 3.8) is 0 Å². The maximum atomic E-state index is 5.39. The Morgan fingerprint density at radius 3 is 3.00 bits per heavy atom. The van der Waals surface area contributed by atoms with Gasteiger partial charge >= 0.3 is 0 Å². The van der Waals surface area contributed by atoms with Crippen molar-refractivity contribution in [2.24, 2.45) is 0 Å². The van der Waals surface area contributed by atoms with Gasteiger partial charge < -0.3 is 9.73 Å². The number of rotatable bonds is 4. The van der Waals surface area contributed by atoms with E-state index in [9.17, 15) is 0 Å². The first-order chi connectivity index (χ1) is 9.28. The number of thiazole rings is 2. The molecule has 0 aliphatic rings. The Hall–Kier alpha value is -1.66. The molecule has 0 amide bonds. The predicted octanol–water partition coefficient (Wildman–Crippen LogP) is 4.27.